The first kappa shape index (κ1) is 27.2. The fourth-order valence-electron chi connectivity index (χ4n) is 5.28. The van der Waals surface area contributed by atoms with Gasteiger partial charge in [0.2, 0.25) is 15.9 Å². The van der Waals surface area contributed by atoms with Crippen LogP contribution in [0.4, 0.5) is 11.4 Å². The Morgan fingerprint density at radius 2 is 1.78 bits per heavy atom. The average molecular weight is 525 g/mol. The van der Waals surface area contributed by atoms with Crippen LogP contribution in [-0.4, -0.2) is 86.3 Å². The fraction of sp³-hybridized carbons (Fsp3) is 0.481. The highest BCUT2D eigenvalue weighted by Gasteiger charge is 2.38. The number of carbonyl (C=O) groups is 1. The molecule has 0 saturated carbocycles. The van der Waals surface area contributed by atoms with E-state index in [1.54, 1.807) is 12.1 Å². The van der Waals surface area contributed by atoms with Crippen LogP contribution >= 0.6 is 0 Å². The molecule has 2 aromatic rings. The Bertz CT molecular complexity index is 1260. The highest BCUT2D eigenvalue weighted by molar-refractivity contribution is 7.89. The number of carbonyl (C=O) groups excluding carboxylic acids is 1. The highest BCUT2D eigenvalue weighted by Crippen LogP contribution is 2.27. The van der Waals surface area contributed by atoms with Crippen molar-refractivity contribution in [3.05, 3.63) is 65.0 Å². The zero-order valence-corrected chi connectivity index (χ0v) is 22.6. The van der Waals surface area contributed by atoms with Crippen LogP contribution in [0.2, 0.25) is 0 Å². The lowest BCUT2D eigenvalue weighted by atomic mass is 10.1. The fourth-order valence-corrected chi connectivity index (χ4v) is 7.12. The number of rotatable bonds is 7. The van der Waals surface area contributed by atoms with Crippen molar-refractivity contribution < 1.29 is 13.2 Å². The average Bonchev–Trinajstić information content (AvgIpc) is 2.86. The molecule has 1 amide bonds. The first-order valence-corrected chi connectivity index (χ1v) is 14.2. The largest absolute Gasteiger partial charge is 0.325 e. The van der Waals surface area contributed by atoms with Gasteiger partial charge in [-0.1, -0.05) is 24.3 Å². The SMILES string of the molecule is [C-]#[N+]c1cccc(S(=O)(=O)N2C(C)CN(CC(=O)Nc3cc(CN4CCNCC4)ccc3C)CC2C)c1. The summed E-state index contributed by atoms with van der Waals surface area (Å²) in [6.07, 6.45) is 0. The molecule has 2 aliphatic rings. The summed E-state index contributed by atoms with van der Waals surface area (Å²) in [4.78, 5) is 20.9. The second-order valence-corrected chi connectivity index (χ2v) is 11.9. The smallest absolute Gasteiger partial charge is 0.242 e. The minimum atomic E-state index is -3.76. The molecule has 2 atom stereocenters. The Hall–Kier alpha value is -2.81. The van der Waals surface area contributed by atoms with E-state index in [0.717, 1.165) is 44.0 Å². The van der Waals surface area contributed by atoms with Gasteiger partial charge in [0.05, 0.1) is 18.0 Å². The summed E-state index contributed by atoms with van der Waals surface area (Å²) in [5, 5.41) is 6.44. The van der Waals surface area contributed by atoms with E-state index in [1.165, 1.54) is 22.0 Å². The van der Waals surface area contributed by atoms with Crippen molar-refractivity contribution in [1.82, 2.24) is 19.4 Å². The predicted molar refractivity (Wildman–Crippen MR) is 145 cm³/mol. The molecule has 2 N–H and O–H groups in total. The number of amides is 1. The van der Waals surface area contributed by atoms with Crippen molar-refractivity contribution in [3.63, 3.8) is 0 Å². The lowest BCUT2D eigenvalue weighted by Crippen LogP contribution is -2.59. The number of sulfonamides is 1. The summed E-state index contributed by atoms with van der Waals surface area (Å²) in [7, 11) is -3.76. The first-order valence-electron chi connectivity index (χ1n) is 12.7. The number of nitrogens with one attached hydrogen (secondary N) is 2. The maximum absolute atomic E-state index is 13.4. The summed E-state index contributed by atoms with van der Waals surface area (Å²) < 4.78 is 28.3. The second-order valence-electron chi connectivity index (χ2n) is 10.1. The molecule has 37 heavy (non-hydrogen) atoms. The summed E-state index contributed by atoms with van der Waals surface area (Å²) in [5.74, 6) is -0.108. The highest BCUT2D eigenvalue weighted by atomic mass is 32.2. The number of aryl methyl sites for hydroxylation is 1. The standard InChI is InChI=1S/C27H36N6O3S/c1-20-8-9-23(18-31-12-10-29-11-13-31)14-26(20)30-27(34)19-32-16-21(2)33(22(3)17-32)37(35,36)25-7-5-6-24(15-25)28-4/h5-9,14-15,21-22,29H,10-13,16-19H2,1-3H3,(H,30,34). The van der Waals surface area contributed by atoms with Crippen LogP contribution in [0.3, 0.4) is 0 Å². The zero-order valence-electron chi connectivity index (χ0n) is 21.8. The van der Waals surface area contributed by atoms with Gasteiger partial charge >= 0.3 is 0 Å². The number of piperazine rings is 2. The molecule has 2 fully saturated rings. The monoisotopic (exact) mass is 524 g/mol. The predicted octanol–water partition coefficient (Wildman–Crippen LogP) is 2.67. The van der Waals surface area contributed by atoms with E-state index in [0.29, 0.717) is 18.8 Å². The molecule has 0 aromatic heterocycles. The molecule has 2 heterocycles. The van der Waals surface area contributed by atoms with E-state index >= 15 is 0 Å². The number of nitrogens with zero attached hydrogens (tertiary/aromatic N) is 4. The minimum Gasteiger partial charge on any atom is -0.325 e. The van der Waals surface area contributed by atoms with Gasteiger partial charge in [-0.3, -0.25) is 14.6 Å². The lowest BCUT2D eigenvalue weighted by Gasteiger charge is -2.43. The Kier molecular flexibility index (Phi) is 8.62. The molecule has 0 spiro atoms. The number of hydrogen-bond acceptors (Lipinski definition) is 6. The quantitative estimate of drug-likeness (QED) is 0.542. The normalized spacial score (nSPS) is 21.9. The summed E-state index contributed by atoms with van der Waals surface area (Å²) in [6.45, 7) is 18.9. The van der Waals surface area contributed by atoms with E-state index in [9.17, 15) is 13.2 Å². The number of hydrogen-bond donors (Lipinski definition) is 2. The van der Waals surface area contributed by atoms with E-state index < -0.39 is 10.0 Å². The maximum Gasteiger partial charge on any atom is 0.242 e. The Morgan fingerprint density at radius 3 is 2.46 bits per heavy atom. The van der Waals surface area contributed by atoms with Crippen LogP contribution in [0, 0.1) is 13.5 Å². The Balaban J connectivity index is 1.38. The van der Waals surface area contributed by atoms with Crippen LogP contribution < -0.4 is 10.6 Å². The summed E-state index contributed by atoms with van der Waals surface area (Å²) in [6, 6.07) is 11.7. The molecule has 0 aliphatic carbocycles. The minimum absolute atomic E-state index is 0.108. The molecule has 2 aromatic carbocycles. The third kappa shape index (κ3) is 6.55. The van der Waals surface area contributed by atoms with E-state index in [4.69, 9.17) is 6.57 Å². The van der Waals surface area contributed by atoms with E-state index in [2.05, 4.69) is 32.5 Å². The summed E-state index contributed by atoms with van der Waals surface area (Å²) >= 11 is 0. The molecular weight excluding hydrogens is 488 g/mol. The van der Waals surface area contributed by atoms with Gasteiger partial charge in [0.15, 0.2) is 5.69 Å². The van der Waals surface area contributed by atoms with Crippen molar-refractivity contribution in [2.75, 3.05) is 51.1 Å². The van der Waals surface area contributed by atoms with Crippen molar-refractivity contribution in [1.29, 1.82) is 0 Å². The van der Waals surface area contributed by atoms with Gasteiger partial charge in [0, 0.05) is 63.6 Å². The van der Waals surface area contributed by atoms with Crippen molar-refractivity contribution in [3.8, 4) is 0 Å². The van der Waals surface area contributed by atoms with Gasteiger partial charge in [0.25, 0.3) is 0 Å². The van der Waals surface area contributed by atoms with Crippen molar-refractivity contribution in [2.45, 2.75) is 44.3 Å². The maximum atomic E-state index is 13.4. The molecule has 9 nitrogen and oxygen atoms in total. The van der Waals surface area contributed by atoms with E-state index in [-0.39, 0.29) is 29.4 Å². The van der Waals surface area contributed by atoms with Gasteiger partial charge in [-0.25, -0.2) is 13.3 Å². The van der Waals surface area contributed by atoms with Crippen LogP contribution in [0.1, 0.15) is 25.0 Å². The third-order valence-corrected chi connectivity index (χ3v) is 9.12. The first-order chi connectivity index (χ1) is 17.7. The van der Waals surface area contributed by atoms with E-state index in [1.807, 2.05) is 31.7 Å². The van der Waals surface area contributed by atoms with Crippen LogP contribution in [0.15, 0.2) is 47.4 Å². The van der Waals surface area contributed by atoms with Gasteiger partial charge in [-0.05, 0) is 50.1 Å². The van der Waals surface area contributed by atoms with Gasteiger partial charge in [-0.15, -0.1) is 0 Å². The van der Waals surface area contributed by atoms with Crippen LogP contribution in [-0.2, 0) is 21.4 Å². The number of benzene rings is 2. The molecule has 4 rings (SSSR count). The zero-order chi connectivity index (χ0) is 26.6. The molecule has 2 unspecified atom stereocenters. The third-order valence-electron chi connectivity index (χ3n) is 6.99. The molecule has 0 bridgehead atoms. The van der Waals surface area contributed by atoms with Crippen molar-refractivity contribution in [2.24, 2.45) is 0 Å². The Labute approximate surface area is 220 Å². The van der Waals surface area contributed by atoms with Gasteiger partial charge in [0.1, 0.15) is 0 Å². The van der Waals surface area contributed by atoms with Crippen LogP contribution in [0.5, 0.6) is 0 Å². The van der Waals surface area contributed by atoms with Crippen LogP contribution in [0.25, 0.3) is 4.85 Å². The number of anilines is 1. The molecule has 198 valence electrons. The molecular formula is C27H36N6O3S. The lowest BCUT2D eigenvalue weighted by molar-refractivity contribution is -0.118. The molecule has 10 heteroatoms. The topological polar surface area (TPSA) is 89.3 Å². The molecule has 2 aliphatic heterocycles. The second kappa shape index (κ2) is 11.7. The van der Waals surface area contributed by atoms with Gasteiger partial charge < -0.3 is 10.6 Å². The van der Waals surface area contributed by atoms with Gasteiger partial charge in [-0.2, -0.15) is 4.31 Å². The van der Waals surface area contributed by atoms with Crippen molar-refractivity contribution >= 4 is 27.3 Å². The molecule has 0 radical (unpaired) electrons. The molecule has 2 saturated heterocycles. The Morgan fingerprint density at radius 1 is 1.08 bits per heavy atom. The summed E-state index contributed by atoms with van der Waals surface area (Å²) in [5.41, 5.74) is 3.30.